The maximum atomic E-state index is 11.5. The highest BCUT2D eigenvalue weighted by Gasteiger charge is 2.14. The van der Waals surface area contributed by atoms with Gasteiger partial charge in [-0.15, -0.1) is 0 Å². The average Bonchev–Trinajstić information content (AvgIpc) is 2.55. The molecular weight excluding hydrogens is 282 g/mol. The highest BCUT2D eigenvalue weighted by molar-refractivity contribution is 6.37. The molecule has 6 nitrogen and oxygen atoms in total. The molecule has 0 aliphatic heterocycles. The number of nitrogens with zero attached hydrogens (tertiary/aromatic N) is 2. The van der Waals surface area contributed by atoms with Crippen LogP contribution >= 0.6 is 0 Å². The molecule has 0 atom stereocenters. The number of rotatable bonds is 4. The first-order valence-electron chi connectivity index (χ1n) is 6.74. The number of anilines is 1. The normalized spacial score (nSPS) is 10.4. The summed E-state index contributed by atoms with van der Waals surface area (Å²) in [5, 5.41) is 10.6. The molecule has 6 heteroatoms. The number of ether oxygens (including phenoxy) is 1. The van der Waals surface area contributed by atoms with E-state index in [9.17, 15) is 9.59 Å². The Morgan fingerprint density at radius 3 is 2.14 bits per heavy atom. The van der Waals surface area contributed by atoms with E-state index in [-0.39, 0.29) is 6.61 Å². The Kier molecular flexibility index (Phi) is 5.37. The van der Waals surface area contributed by atoms with Gasteiger partial charge in [0, 0.05) is 5.69 Å². The molecule has 112 valence electrons. The fourth-order valence-electron chi connectivity index (χ4n) is 1.60. The lowest BCUT2D eigenvalue weighted by Gasteiger charge is -2.04. The van der Waals surface area contributed by atoms with E-state index in [0.717, 1.165) is 5.69 Å². The quantitative estimate of drug-likeness (QED) is 0.532. The van der Waals surface area contributed by atoms with E-state index in [1.807, 2.05) is 30.3 Å². The van der Waals surface area contributed by atoms with Crippen molar-refractivity contribution in [3.8, 4) is 0 Å². The van der Waals surface area contributed by atoms with Crippen molar-refractivity contribution in [3.05, 3.63) is 54.6 Å². The number of carbonyl (C=O) groups excluding carboxylic acids is 2. The van der Waals surface area contributed by atoms with Crippen molar-refractivity contribution >= 4 is 28.9 Å². The highest BCUT2D eigenvalue weighted by atomic mass is 16.5. The van der Waals surface area contributed by atoms with E-state index in [1.54, 1.807) is 31.2 Å². The van der Waals surface area contributed by atoms with E-state index in [1.165, 1.54) is 0 Å². The lowest BCUT2D eigenvalue weighted by atomic mass is 10.3. The van der Waals surface area contributed by atoms with Crippen LogP contribution in [-0.2, 0) is 14.3 Å². The molecular formula is C16H15N3O3. The first kappa shape index (κ1) is 15.4. The molecule has 0 saturated heterocycles. The lowest BCUT2D eigenvalue weighted by Crippen LogP contribution is -2.24. The molecule has 1 amide bonds. The second-order valence-electron chi connectivity index (χ2n) is 4.26. The van der Waals surface area contributed by atoms with Gasteiger partial charge in [0.25, 0.3) is 0 Å². The summed E-state index contributed by atoms with van der Waals surface area (Å²) in [6.07, 6.45) is 0. The third kappa shape index (κ3) is 4.52. The van der Waals surface area contributed by atoms with Gasteiger partial charge in [0.05, 0.1) is 18.0 Å². The number of carbonyl (C=O) groups is 2. The van der Waals surface area contributed by atoms with Crippen LogP contribution in [0.5, 0.6) is 0 Å². The van der Waals surface area contributed by atoms with Gasteiger partial charge in [0.15, 0.2) is 0 Å². The number of azo groups is 1. The third-order valence-electron chi connectivity index (χ3n) is 2.62. The molecule has 0 aromatic heterocycles. The molecule has 0 aliphatic carbocycles. The molecule has 2 aromatic carbocycles. The Labute approximate surface area is 127 Å². The van der Waals surface area contributed by atoms with Crippen LogP contribution in [-0.4, -0.2) is 18.5 Å². The molecule has 2 rings (SSSR count). The van der Waals surface area contributed by atoms with Gasteiger partial charge in [-0.05, 0) is 43.3 Å². The third-order valence-corrected chi connectivity index (χ3v) is 2.62. The molecule has 0 fully saturated rings. The van der Waals surface area contributed by atoms with Crippen molar-refractivity contribution in [3.63, 3.8) is 0 Å². The molecule has 0 radical (unpaired) electrons. The van der Waals surface area contributed by atoms with Crippen LogP contribution in [0.25, 0.3) is 0 Å². The van der Waals surface area contributed by atoms with E-state index < -0.39 is 11.9 Å². The molecule has 0 heterocycles. The van der Waals surface area contributed by atoms with Crippen LogP contribution in [0, 0.1) is 0 Å². The van der Waals surface area contributed by atoms with E-state index in [2.05, 4.69) is 20.3 Å². The lowest BCUT2D eigenvalue weighted by molar-refractivity contribution is -0.152. The summed E-state index contributed by atoms with van der Waals surface area (Å²) in [5.41, 5.74) is 1.87. The van der Waals surface area contributed by atoms with Crippen LogP contribution in [0.1, 0.15) is 6.92 Å². The molecule has 0 unspecified atom stereocenters. The van der Waals surface area contributed by atoms with Crippen LogP contribution in [0.3, 0.4) is 0 Å². The Hall–Kier alpha value is -3.02. The van der Waals surface area contributed by atoms with Crippen molar-refractivity contribution in [2.75, 3.05) is 11.9 Å². The van der Waals surface area contributed by atoms with Gasteiger partial charge < -0.3 is 10.1 Å². The van der Waals surface area contributed by atoms with Crippen molar-refractivity contribution in [1.29, 1.82) is 0 Å². The van der Waals surface area contributed by atoms with E-state index >= 15 is 0 Å². The average molecular weight is 297 g/mol. The van der Waals surface area contributed by atoms with Gasteiger partial charge >= 0.3 is 11.9 Å². The molecule has 0 saturated carbocycles. The summed E-state index contributed by atoms with van der Waals surface area (Å²) in [6.45, 7) is 1.79. The monoisotopic (exact) mass is 297 g/mol. The first-order valence-corrected chi connectivity index (χ1v) is 6.74. The van der Waals surface area contributed by atoms with Crippen LogP contribution in [0.15, 0.2) is 64.8 Å². The van der Waals surface area contributed by atoms with Crippen molar-refractivity contribution in [1.82, 2.24) is 0 Å². The minimum Gasteiger partial charge on any atom is -0.459 e. The predicted molar refractivity (Wildman–Crippen MR) is 82.3 cm³/mol. The maximum absolute atomic E-state index is 11.5. The predicted octanol–water partition coefficient (Wildman–Crippen LogP) is 3.60. The largest absolute Gasteiger partial charge is 0.459 e. The Morgan fingerprint density at radius 1 is 0.955 bits per heavy atom. The Morgan fingerprint density at radius 2 is 1.55 bits per heavy atom. The number of hydrogen-bond acceptors (Lipinski definition) is 5. The smallest absolute Gasteiger partial charge is 0.397 e. The number of hydrogen-bond donors (Lipinski definition) is 1. The minimum atomic E-state index is -0.907. The van der Waals surface area contributed by atoms with E-state index in [4.69, 9.17) is 0 Å². The zero-order valence-electron chi connectivity index (χ0n) is 12.0. The first-order chi connectivity index (χ1) is 10.7. The highest BCUT2D eigenvalue weighted by Crippen LogP contribution is 2.19. The van der Waals surface area contributed by atoms with Gasteiger partial charge in [-0.25, -0.2) is 4.79 Å². The van der Waals surface area contributed by atoms with Gasteiger partial charge in [0.1, 0.15) is 0 Å². The Balaban J connectivity index is 1.97. The number of benzene rings is 2. The van der Waals surface area contributed by atoms with Gasteiger partial charge in [-0.2, -0.15) is 10.2 Å². The molecule has 0 aliphatic rings. The molecule has 2 aromatic rings. The van der Waals surface area contributed by atoms with Gasteiger partial charge in [-0.3, -0.25) is 4.79 Å². The second kappa shape index (κ2) is 7.68. The standard InChI is InChI=1S/C16H15N3O3/c1-2-22-16(21)15(20)17-12-8-10-14(11-9-12)19-18-13-6-4-3-5-7-13/h3-11H,2H2,1H3,(H,17,20). The number of esters is 1. The summed E-state index contributed by atoms with van der Waals surface area (Å²) in [5.74, 6) is -1.71. The van der Waals surface area contributed by atoms with E-state index in [0.29, 0.717) is 11.4 Å². The maximum Gasteiger partial charge on any atom is 0.397 e. The molecule has 22 heavy (non-hydrogen) atoms. The van der Waals surface area contributed by atoms with Crippen molar-refractivity contribution < 1.29 is 14.3 Å². The zero-order valence-corrected chi connectivity index (χ0v) is 12.0. The Bertz CT molecular complexity index is 667. The molecule has 0 bridgehead atoms. The van der Waals surface area contributed by atoms with Crippen LogP contribution < -0.4 is 5.32 Å². The number of nitrogens with one attached hydrogen (secondary N) is 1. The van der Waals surface area contributed by atoms with Crippen molar-refractivity contribution in [2.45, 2.75) is 6.92 Å². The van der Waals surface area contributed by atoms with Gasteiger partial charge in [-0.1, -0.05) is 18.2 Å². The minimum absolute atomic E-state index is 0.158. The fraction of sp³-hybridized carbons (Fsp3) is 0.125. The zero-order chi connectivity index (χ0) is 15.8. The van der Waals surface area contributed by atoms with Crippen LogP contribution in [0.4, 0.5) is 17.1 Å². The summed E-state index contributed by atoms with van der Waals surface area (Å²) in [6, 6.07) is 16.0. The summed E-state index contributed by atoms with van der Waals surface area (Å²) >= 11 is 0. The summed E-state index contributed by atoms with van der Waals surface area (Å²) < 4.78 is 4.60. The summed E-state index contributed by atoms with van der Waals surface area (Å²) in [7, 11) is 0. The second-order valence-corrected chi connectivity index (χ2v) is 4.26. The fourth-order valence-corrected chi connectivity index (χ4v) is 1.60. The molecule has 1 N–H and O–H groups in total. The molecule has 0 spiro atoms. The summed E-state index contributed by atoms with van der Waals surface area (Å²) in [4.78, 5) is 22.7. The van der Waals surface area contributed by atoms with Gasteiger partial charge in [0.2, 0.25) is 0 Å². The topological polar surface area (TPSA) is 80.1 Å². The number of amides is 1. The SMILES string of the molecule is CCOC(=O)C(=O)Nc1ccc(N=Nc2ccccc2)cc1. The van der Waals surface area contributed by atoms with Crippen LogP contribution in [0.2, 0.25) is 0 Å². The van der Waals surface area contributed by atoms with Crippen molar-refractivity contribution in [2.24, 2.45) is 10.2 Å².